The minimum Gasteiger partial charge on any atom is -0.478 e. The topological polar surface area (TPSA) is 57.8 Å². The van der Waals surface area contributed by atoms with Gasteiger partial charge >= 0.3 is 5.97 Å². The molecule has 1 N–H and O–H groups in total. The molecule has 0 aliphatic carbocycles. The summed E-state index contributed by atoms with van der Waals surface area (Å²) in [5.41, 5.74) is 3.48. The van der Waals surface area contributed by atoms with E-state index < -0.39 is 5.97 Å². The molecule has 5 heteroatoms. The smallest absolute Gasteiger partial charge is 0.339 e. The van der Waals surface area contributed by atoms with E-state index in [9.17, 15) is 9.90 Å². The third-order valence-electron chi connectivity index (χ3n) is 3.39. The summed E-state index contributed by atoms with van der Waals surface area (Å²) in [5, 5.41) is 9.20. The molecule has 2 heterocycles. The summed E-state index contributed by atoms with van der Waals surface area (Å²) in [6.07, 6.45) is 3.64. The number of hydrogen-bond acceptors (Lipinski definition) is 3. The van der Waals surface area contributed by atoms with E-state index in [4.69, 9.17) is 0 Å². The van der Waals surface area contributed by atoms with E-state index in [2.05, 4.69) is 4.98 Å². The number of imidazole rings is 1. The van der Waals surface area contributed by atoms with Gasteiger partial charge in [0.15, 0.2) is 5.65 Å². The van der Waals surface area contributed by atoms with Crippen molar-refractivity contribution in [2.75, 3.05) is 19.0 Å². The highest BCUT2D eigenvalue weighted by Crippen LogP contribution is 2.23. The lowest BCUT2D eigenvalue weighted by Crippen LogP contribution is -2.07. The molecule has 21 heavy (non-hydrogen) atoms. The average molecular weight is 281 g/mol. The van der Waals surface area contributed by atoms with Gasteiger partial charge in [-0.05, 0) is 24.3 Å². The standard InChI is InChI=1S/C16H15N3O2/c1-18(2)12-7-5-11(6-8-12)14-10-19-9-3-4-13(16(20)21)15(19)17-14/h3-10H,1-2H3,(H,20,21). The first-order valence-corrected chi connectivity index (χ1v) is 6.55. The van der Waals surface area contributed by atoms with Crippen LogP contribution < -0.4 is 4.90 Å². The summed E-state index contributed by atoms with van der Waals surface area (Å²) in [7, 11) is 3.97. The van der Waals surface area contributed by atoms with Crippen molar-refractivity contribution in [3.63, 3.8) is 0 Å². The van der Waals surface area contributed by atoms with Crippen molar-refractivity contribution in [2.45, 2.75) is 0 Å². The maximum Gasteiger partial charge on any atom is 0.339 e. The van der Waals surface area contributed by atoms with E-state index >= 15 is 0 Å². The fourth-order valence-electron chi connectivity index (χ4n) is 2.25. The highest BCUT2D eigenvalue weighted by molar-refractivity contribution is 5.94. The van der Waals surface area contributed by atoms with Crippen LogP contribution in [-0.2, 0) is 0 Å². The molecule has 0 aliphatic heterocycles. The van der Waals surface area contributed by atoms with Crippen LogP contribution in [0.3, 0.4) is 0 Å². The fourth-order valence-corrected chi connectivity index (χ4v) is 2.25. The van der Waals surface area contributed by atoms with Gasteiger partial charge in [0.1, 0.15) is 5.56 Å². The molecule has 3 aromatic rings. The van der Waals surface area contributed by atoms with Gasteiger partial charge in [0.25, 0.3) is 0 Å². The lowest BCUT2D eigenvalue weighted by molar-refractivity contribution is 0.0698. The Labute approximate surface area is 122 Å². The lowest BCUT2D eigenvalue weighted by atomic mass is 10.1. The Bertz CT molecular complexity index is 804. The van der Waals surface area contributed by atoms with E-state index in [0.717, 1.165) is 16.9 Å². The maximum absolute atomic E-state index is 11.2. The monoisotopic (exact) mass is 281 g/mol. The molecule has 3 rings (SSSR count). The fraction of sp³-hybridized carbons (Fsp3) is 0.125. The largest absolute Gasteiger partial charge is 0.478 e. The summed E-state index contributed by atoms with van der Waals surface area (Å²) >= 11 is 0. The summed E-state index contributed by atoms with van der Waals surface area (Å²) < 4.78 is 1.73. The summed E-state index contributed by atoms with van der Waals surface area (Å²) in [6, 6.07) is 11.3. The molecule has 1 aromatic carbocycles. The first-order valence-electron chi connectivity index (χ1n) is 6.55. The Morgan fingerprint density at radius 1 is 1.19 bits per heavy atom. The van der Waals surface area contributed by atoms with E-state index in [1.165, 1.54) is 0 Å². The molecule has 0 fully saturated rings. The number of aromatic carboxylic acids is 1. The van der Waals surface area contributed by atoms with Crippen LogP contribution in [0.15, 0.2) is 48.8 Å². The summed E-state index contributed by atoms with van der Waals surface area (Å²) in [4.78, 5) is 17.7. The minimum atomic E-state index is -0.972. The molecule has 0 aliphatic rings. The van der Waals surface area contributed by atoms with Crippen molar-refractivity contribution in [2.24, 2.45) is 0 Å². The van der Waals surface area contributed by atoms with Crippen LogP contribution >= 0.6 is 0 Å². The van der Waals surface area contributed by atoms with Gasteiger partial charge in [0.05, 0.1) is 5.69 Å². The number of hydrogen-bond donors (Lipinski definition) is 1. The molecule has 2 aromatic heterocycles. The first kappa shape index (κ1) is 13.2. The van der Waals surface area contributed by atoms with Gasteiger partial charge in [-0.3, -0.25) is 0 Å². The third-order valence-corrected chi connectivity index (χ3v) is 3.39. The highest BCUT2D eigenvalue weighted by atomic mass is 16.4. The molecule has 5 nitrogen and oxygen atoms in total. The van der Waals surface area contributed by atoms with Gasteiger partial charge in [-0.25, -0.2) is 9.78 Å². The SMILES string of the molecule is CN(C)c1ccc(-c2cn3cccc(C(=O)O)c3n2)cc1. The van der Waals surface area contributed by atoms with Gasteiger partial charge < -0.3 is 14.4 Å². The average Bonchev–Trinajstić information content (AvgIpc) is 2.90. The van der Waals surface area contributed by atoms with Crippen molar-refractivity contribution in [1.82, 2.24) is 9.38 Å². The lowest BCUT2D eigenvalue weighted by Gasteiger charge is -2.12. The maximum atomic E-state index is 11.2. The van der Waals surface area contributed by atoms with Crippen molar-refractivity contribution in [3.05, 3.63) is 54.4 Å². The number of carbonyl (C=O) groups is 1. The number of aromatic nitrogens is 2. The Hall–Kier alpha value is -2.82. The zero-order chi connectivity index (χ0) is 15.0. The molecule has 0 amide bonds. The number of rotatable bonds is 3. The molecule has 0 atom stereocenters. The predicted molar refractivity (Wildman–Crippen MR) is 81.9 cm³/mol. The second kappa shape index (κ2) is 4.94. The van der Waals surface area contributed by atoms with E-state index in [1.807, 2.05) is 49.5 Å². The van der Waals surface area contributed by atoms with Crippen LogP contribution in [0.25, 0.3) is 16.9 Å². The Morgan fingerprint density at radius 2 is 1.90 bits per heavy atom. The van der Waals surface area contributed by atoms with Crippen molar-refractivity contribution < 1.29 is 9.90 Å². The van der Waals surface area contributed by atoms with Gasteiger partial charge in [0, 0.05) is 37.7 Å². The minimum absolute atomic E-state index is 0.202. The molecule has 106 valence electrons. The zero-order valence-electron chi connectivity index (χ0n) is 11.8. The van der Waals surface area contributed by atoms with Gasteiger partial charge in [-0.1, -0.05) is 12.1 Å². The molecule has 0 saturated heterocycles. The van der Waals surface area contributed by atoms with E-state index in [-0.39, 0.29) is 5.56 Å². The first-order chi connectivity index (χ1) is 10.1. The number of carboxylic acids is 1. The molecule has 0 saturated carbocycles. The predicted octanol–water partition coefficient (Wildman–Crippen LogP) is 2.77. The molecule has 0 bridgehead atoms. The number of pyridine rings is 1. The Kier molecular flexibility index (Phi) is 3.10. The molecule has 0 radical (unpaired) electrons. The summed E-state index contributed by atoms with van der Waals surface area (Å²) in [6.45, 7) is 0. The van der Waals surface area contributed by atoms with Crippen LogP contribution in [0.5, 0.6) is 0 Å². The van der Waals surface area contributed by atoms with Gasteiger partial charge in [-0.2, -0.15) is 0 Å². The van der Waals surface area contributed by atoms with Gasteiger partial charge in [0.2, 0.25) is 0 Å². The van der Waals surface area contributed by atoms with Crippen molar-refractivity contribution in [1.29, 1.82) is 0 Å². The number of benzene rings is 1. The third kappa shape index (κ3) is 2.33. The number of anilines is 1. The normalized spacial score (nSPS) is 10.8. The zero-order valence-corrected chi connectivity index (χ0v) is 11.8. The molecule has 0 unspecified atom stereocenters. The number of carboxylic acid groups (broad SMARTS) is 1. The van der Waals surface area contributed by atoms with Crippen LogP contribution in [0, 0.1) is 0 Å². The number of fused-ring (bicyclic) bond motifs is 1. The van der Waals surface area contributed by atoms with E-state index in [1.54, 1.807) is 22.7 Å². The van der Waals surface area contributed by atoms with Crippen LogP contribution in [0.1, 0.15) is 10.4 Å². The second-order valence-corrected chi connectivity index (χ2v) is 5.03. The summed E-state index contributed by atoms with van der Waals surface area (Å²) in [5.74, 6) is -0.972. The van der Waals surface area contributed by atoms with Gasteiger partial charge in [-0.15, -0.1) is 0 Å². The Balaban J connectivity index is 2.09. The van der Waals surface area contributed by atoms with Crippen LogP contribution in [0.2, 0.25) is 0 Å². The second-order valence-electron chi connectivity index (χ2n) is 5.03. The molecule has 0 spiro atoms. The van der Waals surface area contributed by atoms with Crippen LogP contribution in [-0.4, -0.2) is 34.6 Å². The highest BCUT2D eigenvalue weighted by Gasteiger charge is 2.12. The van der Waals surface area contributed by atoms with Crippen LogP contribution in [0.4, 0.5) is 5.69 Å². The molecular weight excluding hydrogens is 266 g/mol. The van der Waals surface area contributed by atoms with Crippen molar-refractivity contribution >= 4 is 17.3 Å². The molecular formula is C16H15N3O2. The van der Waals surface area contributed by atoms with Crippen molar-refractivity contribution in [3.8, 4) is 11.3 Å². The Morgan fingerprint density at radius 3 is 2.52 bits per heavy atom. The number of nitrogens with zero attached hydrogens (tertiary/aromatic N) is 3. The van der Waals surface area contributed by atoms with E-state index in [0.29, 0.717) is 5.65 Å². The quantitative estimate of drug-likeness (QED) is 0.802.